The van der Waals surface area contributed by atoms with Crippen molar-refractivity contribution in [2.24, 2.45) is 0 Å². The molecule has 0 aromatic heterocycles. The minimum Gasteiger partial charge on any atom is -0.497 e. The molecule has 0 saturated carbocycles. The Kier molecular flexibility index (Phi) is 7.11. The molecule has 9 heteroatoms. The van der Waals surface area contributed by atoms with Gasteiger partial charge in [-0.05, 0) is 48.5 Å². The van der Waals surface area contributed by atoms with Gasteiger partial charge in [-0.1, -0.05) is 22.0 Å². The summed E-state index contributed by atoms with van der Waals surface area (Å²) >= 11 is 3.21. The van der Waals surface area contributed by atoms with Crippen LogP contribution in [-0.4, -0.2) is 37.1 Å². The maximum atomic E-state index is 12.7. The molecule has 0 fully saturated rings. The summed E-state index contributed by atoms with van der Waals surface area (Å²) in [6.45, 7) is 0. The molecule has 0 unspecified atom stereocenters. The summed E-state index contributed by atoms with van der Waals surface area (Å²) < 4.78 is 11.0. The van der Waals surface area contributed by atoms with Crippen LogP contribution in [-0.2, 0) is 0 Å². The van der Waals surface area contributed by atoms with E-state index in [4.69, 9.17) is 9.47 Å². The molecule has 3 N–H and O–H groups in total. The lowest BCUT2D eigenvalue weighted by Gasteiger charge is -2.12. The monoisotopic (exact) mass is 498 g/mol. The second-order valence-electron chi connectivity index (χ2n) is 6.55. The number of halogens is 1. The van der Waals surface area contributed by atoms with Crippen LogP contribution < -0.4 is 20.1 Å². The van der Waals surface area contributed by atoms with E-state index in [-0.39, 0.29) is 16.8 Å². The van der Waals surface area contributed by atoms with Crippen LogP contribution in [0.4, 0.5) is 11.4 Å². The van der Waals surface area contributed by atoms with Gasteiger partial charge in [0.15, 0.2) is 0 Å². The summed E-state index contributed by atoms with van der Waals surface area (Å²) in [6, 6.07) is 15.6. The Labute approximate surface area is 192 Å². The van der Waals surface area contributed by atoms with Crippen molar-refractivity contribution < 1.29 is 29.0 Å². The smallest absolute Gasteiger partial charge is 0.337 e. The molecule has 0 bridgehead atoms. The minimum atomic E-state index is -1.17. The molecule has 0 aliphatic carbocycles. The molecule has 0 atom stereocenters. The summed E-state index contributed by atoms with van der Waals surface area (Å²) in [5.74, 6) is -1.23. The van der Waals surface area contributed by atoms with Crippen molar-refractivity contribution in [2.75, 3.05) is 24.9 Å². The van der Waals surface area contributed by atoms with Crippen LogP contribution in [0.2, 0.25) is 0 Å². The van der Waals surface area contributed by atoms with Crippen LogP contribution in [0, 0.1) is 0 Å². The number of hydrogen-bond donors (Lipinski definition) is 3. The van der Waals surface area contributed by atoms with E-state index in [0.717, 1.165) is 0 Å². The highest BCUT2D eigenvalue weighted by atomic mass is 79.9. The Morgan fingerprint density at radius 2 is 1.62 bits per heavy atom. The van der Waals surface area contributed by atoms with Crippen LogP contribution >= 0.6 is 15.9 Å². The highest BCUT2D eigenvalue weighted by molar-refractivity contribution is 9.10. The molecule has 0 spiro atoms. The lowest BCUT2D eigenvalue weighted by Crippen LogP contribution is -2.16. The van der Waals surface area contributed by atoms with Crippen LogP contribution in [0.3, 0.4) is 0 Å². The average molecular weight is 499 g/mol. The molecular weight excluding hydrogens is 480 g/mol. The third-order valence-electron chi connectivity index (χ3n) is 4.50. The topological polar surface area (TPSA) is 114 Å². The van der Waals surface area contributed by atoms with Gasteiger partial charge in [-0.25, -0.2) is 4.79 Å². The van der Waals surface area contributed by atoms with Crippen LogP contribution in [0.25, 0.3) is 0 Å². The van der Waals surface area contributed by atoms with Gasteiger partial charge < -0.3 is 25.2 Å². The normalized spacial score (nSPS) is 10.2. The first kappa shape index (κ1) is 22.8. The zero-order chi connectivity index (χ0) is 23.3. The van der Waals surface area contributed by atoms with Crippen molar-refractivity contribution in [2.45, 2.75) is 0 Å². The number of amides is 2. The maximum absolute atomic E-state index is 12.7. The first-order valence-corrected chi connectivity index (χ1v) is 10.1. The first-order chi connectivity index (χ1) is 15.3. The number of benzene rings is 3. The van der Waals surface area contributed by atoms with Gasteiger partial charge in [0.2, 0.25) is 0 Å². The number of anilines is 2. The third kappa shape index (κ3) is 5.25. The molecule has 0 saturated heterocycles. The molecule has 8 nitrogen and oxygen atoms in total. The molecule has 2 amide bonds. The lowest BCUT2D eigenvalue weighted by molar-refractivity contribution is 0.0697. The van der Waals surface area contributed by atoms with E-state index in [1.807, 2.05) is 0 Å². The van der Waals surface area contributed by atoms with Gasteiger partial charge in [0.05, 0.1) is 31.0 Å². The second-order valence-corrected chi connectivity index (χ2v) is 7.47. The number of carboxylic acids is 1. The Balaban J connectivity index is 1.80. The maximum Gasteiger partial charge on any atom is 0.337 e. The van der Waals surface area contributed by atoms with Crippen molar-refractivity contribution >= 4 is 45.1 Å². The third-order valence-corrected chi connectivity index (χ3v) is 4.99. The van der Waals surface area contributed by atoms with Gasteiger partial charge >= 0.3 is 5.97 Å². The number of carboxylic acid groups (broad SMARTS) is 1. The molecule has 0 aliphatic heterocycles. The number of nitrogens with one attached hydrogen (secondary N) is 2. The Morgan fingerprint density at radius 1 is 0.844 bits per heavy atom. The van der Waals surface area contributed by atoms with Gasteiger partial charge in [0.25, 0.3) is 11.8 Å². The molecule has 0 radical (unpaired) electrons. The van der Waals surface area contributed by atoms with Crippen LogP contribution in [0.1, 0.15) is 31.1 Å². The van der Waals surface area contributed by atoms with E-state index in [0.29, 0.717) is 27.2 Å². The highest BCUT2D eigenvalue weighted by Gasteiger charge is 2.16. The summed E-state index contributed by atoms with van der Waals surface area (Å²) in [6.07, 6.45) is 0. The minimum absolute atomic E-state index is 0.0521. The van der Waals surface area contributed by atoms with Crippen molar-refractivity contribution in [3.63, 3.8) is 0 Å². The molecule has 32 heavy (non-hydrogen) atoms. The molecule has 3 aromatic carbocycles. The fourth-order valence-corrected chi connectivity index (χ4v) is 3.28. The molecule has 164 valence electrons. The highest BCUT2D eigenvalue weighted by Crippen LogP contribution is 2.26. The van der Waals surface area contributed by atoms with E-state index >= 15 is 0 Å². The van der Waals surface area contributed by atoms with Crippen molar-refractivity contribution in [3.05, 3.63) is 81.8 Å². The summed E-state index contributed by atoms with van der Waals surface area (Å²) in [4.78, 5) is 36.9. The molecule has 0 heterocycles. The van der Waals surface area contributed by atoms with Crippen LogP contribution in [0.5, 0.6) is 11.5 Å². The predicted molar refractivity (Wildman–Crippen MR) is 123 cm³/mol. The first-order valence-electron chi connectivity index (χ1n) is 9.30. The van der Waals surface area contributed by atoms with Crippen molar-refractivity contribution in [1.82, 2.24) is 0 Å². The lowest BCUT2D eigenvalue weighted by atomic mass is 10.1. The zero-order valence-electron chi connectivity index (χ0n) is 17.1. The predicted octanol–water partition coefficient (Wildman–Crippen LogP) is 4.67. The number of ether oxygens (including phenoxy) is 2. The van der Waals surface area contributed by atoms with E-state index in [9.17, 15) is 19.5 Å². The Morgan fingerprint density at radius 3 is 2.31 bits per heavy atom. The fraction of sp³-hybridized carbons (Fsp3) is 0.0870. The summed E-state index contributed by atoms with van der Waals surface area (Å²) in [7, 11) is 2.96. The fourth-order valence-electron chi connectivity index (χ4n) is 2.92. The molecule has 0 aliphatic rings. The van der Waals surface area contributed by atoms with Crippen molar-refractivity contribution in [1.29, 1.82) is 0 Å². The zero-order valence-corrected chi connectivity index (χ0v) is 18.7. The molecular formula is C23H19BrN2O6. The van der Waals surface area contributed by atoms with E-state index in [1.54, 1.807) is 42.5 Å². The van der Waals surface area contributed by atoms with Gasteiger partial charge in [0, 0.05) is 21.8 Å². The number of carbonyl (C=O) groups excluding carboxylic acids is 2. The number of rotatable bonds is 7. The van der Waals surface area contributed by atoms with E-state index in [1.165, 1.54) is 32.4 Å². The number of aromatic carboxylic acids is 1. The van der Waals surface area contributed by atoms with Crippen molar-refractivity contribution in [3.8, 4) is 11.5 Å². The standard InChI is InChI=1S/C23H19BrN2O6/c1-31-16-7-8-17(20(12-16)32-2)22(28)25-15-5-3-4-13(10-15)21(27)26-19-9-6-14(24)11-18(19)23(29)30/h3-12H,1-2H3,(H,25,28)(H,26,27)(H,29,30). The van der Waals surface area contributed by atoms with Gasteiger partial charge in [0.1, 0.15) is 11.5 Å². The average Bonchev–Trinajstić information content (AvgIpc) is 2.79. The summed E-state index contributed by atoms with van der Waals surface area (Å²) in [5.41, 5.74) is 1.02. The second kappa shape index (κ2) is 9.97. The molecule has 3 aromatic rings. The Hall–Kier alpha value is -3.85. The van der Waals surface area contributed by atoms with E-state index in [2.05, 4.69) is 26.6 Å². The van der Waals surface area contributed by atoms with Gasteiger partial charge in [-0.15, -0.1) is 0 Å². The quantitative estimate of drug-likeness (QED) is 0.436. The number of carbonyl (C=O) groups is 3. The van der Waals surface area contributed by atoms with Gasteiger partial charge in [-0.3, -0.25) is 9.59 Å². The number of methoxy groups -OCH3 is 2. The Bertz CT molecular complexity index is 1190. The number of hydrogen-bond acceptors (Lipinski definition) is 5. The SMILES string of the molecule is COc1ccc(C(=O)Nc2cccc(C(=O)Nc3ccc(Br)cc3C(=O)O)c2)c(OC)c1. The van der Waals surface area contributed by atoms with Gasteiger partial charge in [-0.2, -0.15) is 0 Å². The van der Waals surface area contributed by atoms with Crippen LogP contribution in [0.15, 0.2) is 65.1 Å². The largest absolute Gasteiger partial charge is 0.497 e. The molecule has 3 rings (SSSR count). The summed E-state index contributed by atoms with van der Waals surface area (Å²) in [5, 5.41) is 14.7. The van der Waals surface area contributed by atoms with E-state index < -0.39 is 17.8 Å².